The fourth-order valence-corrected chi connectivity index (χ4v) is 0.823. The SMILES string of the molecule is O=C=NCc1cc(F)c(F)c(F)c1. The number of isocyanates is 1. The van der Waals surface area contributed by atoms with Gasteiger partial charge in [-0.1, -0.05) is 0 Å². The van der Waals surface area contributed by atoms with E-state index in [2.05, 4.69) is 4.99 Å². The number of rotatable bonds is 2. The lowest BCUT2D eigenvalue weighted by Gasteiger charge is -1.98. The molecule has 1 rings (SSSR count). The van der Waals surface area contributed by atoms with E-state index in [1.807, 2.05) is 0 Å². The molecular weight excluding hydrogens is 183 g/mol. The molecule has 0 aromatic heterocycles. The molecule has 0 fully saturated rings. The van der Waals surface area contributed by atoms with Crippen LogP contribution < -0.4 is 0 Å². The average molecular weight is 187 g/mol. The van der Waals surface area contributed by atoms with Gasteiger partial charge in [0.25, 0.3) is 0 Å². The number of aliphatic imine (C=N–C) groups is 1. The van der Waals surface area contributed by atoms with Crippen LogP contribution in [0.2, 0.25) is 0 Å². The third kappa shape index (κ3) is 2.16. The van der Waals surface area contributed by atoms with Gasteiger partial charge in [-0.05, 0) is 17.7 Å². The second-order valence-corrected chi connectivity index (χ2v) is 2.28. The molecule has 0 saturated carbocycles. The van der Waals surface area contributed by atoms with Crippen LogP contribution in [0, 0.1) is 17.5 Å². The fourth-order valence-electron chi connectivity index (χ4n) is 0.823. The Hall–Kier alpha value is -1.61. The van der Waals surface area contributed by atoms with E-state index in [0.29, 0.717) is 0 Å². The zero-order valence-corrected chi connectivity index (χ0v) is 6.35. The highest BCUT2D eigenvalue weighted by molar-refractivity contribution is 5.33. The van der Waals surface area contributed by atoms with Gasteiger partial charge in [-0.15, -0.1) is 0 Å². The summed E-state index contributed by atoms with van der Waals surface area (Å²) >= 11 is 0. The topological polar surface area (TPSA) is 29.4 Å². The van der Waals surface area contributed by atoms with Crippen LogP contribution in [-0.4, -0.2) is 6.08 Å². The minimum atomic E-state index is -1.53. The first-order valence-corrected chi connectivity index (χ1v) is 3.32. The van der Waals surface area contributed by atoms with E-state index in [0.717, 1.165) is 12.1 Å². The quantitative estimate of drug-likeness (QED) is 0.395. The van der Waals surface area contributed by atoms with Crippen molar-refractivity contribution in [3.63, 3.8) is 0 Å². The monoisotopic (exact) mass is 187 g/mol. The smallest absolute Gasteiger partial charge is 0.211 e. The van der Waals surface area contributed by atoms with Crippen molar-refractivity contribution in [3.05, 3.63) is 35.1 Å². The minimum absolute atomic E-state index is 0.0831. The molecule has 13 heavy (non-hydrogen) atoms. The van der Waals surface area contributed by atoms with Gasteiger partial charge in [-0.25, -0.2) is 23.0 Å². The first-order chi connectivity index (χ1) is 6.15. The number of nitrogens with zero attached hydrogens (tertiary/aromatic N) is 1. The molecule has 1 aromatic rings. The highest BCUT2D eigenvalue weighted by Crippen LogP contribution is 2.13. The zero-order valence-electron chi connectivity index (χ0n) is 6.35. The number of benzene rings is 1. The van der Waals surface area contributed by atoms with Crippen molar-refractivity contribution in [3.8, 4) is 0 Å². The Labute approximate surface area is 71.7 Å². The van der Waals surface area contributed by atoms with E-state index in [9.17, 15) is 18.0 Å². The van der Waals surface area contributed by atoms with Gasteiger partial charge in [-0.3, -0.25) is 0 Å². The van der Waals surface area contributed by atoms with Gasteiger partial charge in [0.15, 0.2) is 17.5 Å². The van der Waals surface area contributed by atoms with Gasteiger partial charge in [-0.2, -0.15) is 0 Å². The summed E-state index contributed by atoms with van der Waals surface area (Å²) in [5, 5.41) is 0. The Balaban J connectivity index is 3.05. The van der Waals surface area contributed by atoms with Crippen LogP contribution >= 0.6 is 0 Å². The van der Waals surface area contributed by atoms with Crippen LogP contribution in [0.1, 0.15) is 5.56 Å². The van der Waals surface area contributed by atoms with E-state index in [1.165, 1.54) is 6.08 Å². The number of hydrogen-bond donors (Lipinski definition) is 0. The maximum absolute atomic E-state index is 12.5. The molecule has 0 bridgehead atoms. The van der Waals surface area contributed by atoms with Gasteiger partial charge >= 0.3 is 0 Å². The van der Waals surface area contributed by atoms with Crippen LogP contribution in [0.3, 0.4) is 0 Å². The normalized spacial score (nSPS) is 9.46. The summed E-state index contributed by atoms with van der Waals surface area (Å²) in [4.78, 5) is 12.8. The zero-order chi connectivity index (χ0) is 9.84. The molecule has 0 amide bonds. The molecule has 0 N–H and O–H groups in total. The van der Waals surface area contributed by atoms with Crippen LogP contribution in [0.4, 0.5) is 13.2 Å². The first-order valence-electron chi connectivity index (χ1n) is 3.32. The van der Waals surface area contributed by atoms with E-state index in [-0.39, 0.29) is 12.1 Å². The molecule has 0 spiro atoms. The predicted molar refractivity (Wildman–Crippen MR) is 38.1 cm³/mol. The average Bonchev–Trinajstić information content (AvgIpc) is 2.10. The Kier molecular flexibility index (Phi) is 2.82. The molecule has 68 valence electrons. The first kappa shape index (κ1) is 9.48. The third-order valence-electron chi connectivity index (χ3n) is 1.37. The fraction of sp³-hybridized carbons (Fsp3) is 0.125. The summed E-state index contributed by atoms with van der Waals surface area (Å²) in [6.07, 6.45) is 1.21. The van der Waals surface area contributed by atoms with Crippen molar-refractivity contribution in [1.82, 2.24) is 0 Å². The third-order valence-corrected chi connectivity index (χ3v) is 1.37. The van der Waals surface area contributed by atoms with Crippen molar-refractivity contribution in [2.75, 3.05) is 0 Å². The number of hydrogen-bond acceptors (Lipinski definition) is 2. The lowest BCUT2D eigenvalue weighted by atomic mass is 10.2. The van der Waals surface area contributed by atoms with Crippen molar-refractivity contribution in [2.24, 2.45) is 4.99 Å². The maximum atomic E-state index is 12.5. The molecule has 0 aliphatic carbocycles. The lowest BCUT2D eigenvalue weighted by Crippen LogP contribution is -1.93. The van der Waals surface area contributed by atoms with E-state index in [1.54, 1.807) is 0 Å². The Morgan fingerprint density at radius 1 is 1.23 bits per heavy atom. The van der Waals surface area contributed by atoms with Crippen molar-refractivity contribution in [2.45, 2.75) is 6.54 Å². The van der Waals surface area contributed by atoms with Gasteiger partial charge in [0.1, 0.15) is 0 Å². The molecule has 0 radical (unpaired) electrons. The summed E-state index contributed by atoms with van der Waals surface area (Å²) in [5.41, 5.74) is 0.0831. The van der Waals surface area contributed by atoms with Gasteiger partial charge < -0.3 is 0 Å². The van der Waals surface area contributed by atoms with Crippen LogP contribution in [0.15, 0.2) is 17.1 Å². The van der Waals surface area contributed by atoms with E-state index < -0.39 is 17.5 Å². The molecule has 0 aliphatic heterocycles. The summed E-state index contributed by atoms with van der Waals surface area (Å²) < 4.78 is 37.4. The van der Waals surface area contributed by atoms with Crippen LogP contribution in [0.25, 0.3) is 0 Å². The largest absolute Gasteiger partial charge is 0.235 e. The molecule has 0 unspecified atom stereocenters. The molecule has 2 nitrogen and oxygen atoms in total. The standard InChI is InChI=1S/C8H4F3NO/c9-6-1-5(3-12-4-13)2-7(10)8(6)11/h1-2H,3H2. The maximum Gasteiger partial charge on any atom is 0.235 e. The highest BCUT2D eigenvalue weighted by atomic mass is 19.2. The summed E-state index contributed by atoms with van der Waals surface area (Å²) in [5.74, 6) is -4.12. The molecule has 1 aromatic carbocycles. The number of halogens is 3. The highest BCUT2D eigenvalue weighted by Gasteiger charge is 2.09. The Morgan fingerprint density at radius 3 is 2.23 bits per heavy atom. The molecule has 0 saturated heterocycles. The molecule has 0 aliphatic rings. The van der Waals surface area contributed by atoms with Gasteiger partial charge in [0.2, 0.25) is 6.08 Å². The summed E-state index contributed by atoms with van der Waals surface area (Å²) in [7, 11) is 0. The van der Waals surface area contributed by atoms with Crippen molar-refractivity contribution >= 4 is 6.08 Å². The van der Waals surface area contributed by atoms with E-state index in [4.69, 9.17) is 0 Å². The Morgan fingerprint density at radius 2 is 1.77 bits per heavy atom. The van der Waals surface area contributed by atoms with Gasteiger partial charge in [0, 0.05) is 0 Å². The van der Waals surface area contributed by atoms with Crippen molar-refractivity contribution < 1.29 is 18.0 Å². The predicted octanol–water partition coefficient (Wildman–Crippen LogP) is 1.94. The summed E-state index contributed by atoms with van der Waals surface area (Å²) in [6, 6.07) is 1.55. The molecule has 5 heteroatoms. The summed E-state index contributed by atoms with van der Waals surface area (Å²) in [6.45, 7) is -0.211. The Bertz CT molecular complexity index is 349. The van der Waals surface area contributed by atoms with Crippen LogP contribution in [0.5, 0.6) is 0 Å². The number of carbonyl (C=O) groups excluding carboxylic acids is 1. The lowest BCUT2D eigenvalue weighted by molar-refractivity contribution is 0.445. The van der Waals surface area contributed by atoms with Crippen molar-refractivity contribution in [1.29, 1.82) is 0 Å². The second-order valence-electron chi connectivity index (χ2n) is 2.28. The molecule has 0 heterocycles. The van der Waals surface area contributed by atoms with Gasteiger partial charge in [0.05, 0.1) is 6.54 Å². The minimum Gasteiger partial charge on any atom is -0.211 e. The van der Waals surface area contributed by atoms with Crippen LogP contribution in [-0.2, 0) is 11.3 Å². The molecule has 0 atom stereocenters. The molecular formula is C8H4F3NO. The van der Waals surface area contributed by atoms with E-state index >= 15 is 0 Å². The second kappa shape index (κ2) is 3.87.